The fraction of sp³-hybridized carbons (Fsp3) is 0.167. The number of hydrogen-bond donors (Lipinski definition) is 0. The van der Waals surface area contributed by atoms with Crippen LogP contribution in [0.1, 0.15) is 29.8 Å². The molecule has 0 aromatic heterocycles. The quantitative estimate of drug-likeness (QED) is 0.764. The molecule has 0 unspecified atom stereocenters. The smallest absolute Gasteiger partial charge is 0.231 e. The predicted molar refractivity (Wildman–Crippen MR) is 85.6 cm³/mol. The number of rotatable bonds is 3. The summed E-state index contributed by atoms with van der Waals surface area (Å²) in [7, 11) is 0. The molecule has 4 heteroatoms. The van der Waals surface area contributed by atoms with E-state index in [0.717, 1.165) is 11.1 Å². The Bertz CT molecular complexity index is 756. The lowest BCUT2D eigenvalue weighted by Crippen LogP contribution is -2.00. The number of hydrogen-bond acceptors (Lipinski definition) is 3. The van der Waals surface area contributed by atoms with E-state index >= 15 is 0 Å². The molecule has 3 rings (SSSR count). The van der Waals surface area contributed by atoms with Crippen LogP contribution in [0, 0.1) is 0 Å². The highest BCUT2D eigenvalue weighted by atomic mass is 35.5. The molecule has 0 radical (unpaired) electrons. The van der Waals surface area contributed by atoms with Crippen molar-refractivity contribution in [2.24, 2.45) is 0 Å². The highest BCUT2D eigenvalue weighted by molar-refractivity contribution is 6.30. The minimum absolute atomic E-state index is 0.0701. The fourth-order valence-corrected chi connectivity index (χ4v) is 2.35. The van der Waals surface area contributed by atoms with Crippen molar-refractivity contribution in [3.8, 4) is 11.5 Å². The lowest BCUT2D eigenvalue weighted by molar-refractivity contribution is 0.101. The molecule has 0 spiro atoms. The molecule has 3 nitrogen and oxygen atoms in total. The number of ketones is 1. The zero-order chi connectivity index (χ0) is 15.7. The van der Waals surface area contributed by atoms with Gasteiger partial charge < -0.3 is 9.47 Å². The molecule has 0 bridgehead atoms. The highest BCUT2D eigenvalue weighted by Crippen LogP contribution is 2.35. The fourth-order valence-electron chi connectivity index (χ4n) is 2.22. The first kappa shape index (κ1) is 14.7. The van der Waals surface area contributed by atoms with Gasteiger partial charge in [0.25, 0.3) is 0 Å². The normalized spacial score (nSPS) is 12.9. The molecule has 1 aliphatic heterocycles. The molecule has 0 fully saturated rings. The summed E-state index contributed by atoms with van der Waals surface area (Å²) in [5.41, 5.74) is 2.46. The molecular weight excluding hydrogens is 300 g/mol. The first-order valence-corrected chi connectivity index (χ1v) is 7.34. The van der Waals surface area contributed by atoms with Crippen LogP contribution in [-0.2, 0) is 6.61 Å². The number of halogens is 1. The van der Waals surface area contributed by atoms with Crippen LogP contribution in [-0.4, -0.2) is 5.78 Å². The molecule has 0 N–H and O–H groups in total. The Kier molecular flexibility index (Phi) is 3.90. The summed E-state index contributed by atoms with van der Waals surface area (Å²) in [6.45, 7) is 4.15. The van der Waals surface area contributed by atoms with Gasteiger partial charge in [0, 0.05) is 11.1 Å². The lowest BCUT2D eigenvalue weighted by Gasteiger charge is -2.07. The van der Waals surface area contributed by atoms with Gasteiger partial charge in [-0.25, -0.2) is 0 Å². The number of benzene rings is 2. The zero-order valence-corrected chi connectivity index (χ0v) is 13.1. The Balaban J connectivity index is 1.76. The van der Waals surface area contributed by atoms with Gasteiger partial charge in [0.15, 0.2) is 5.76 Å². The molecule has 1 heterocycles. The van der Waals surface area contributed by atoms with Gasteiger partial charge in [-0.15, -0.1) is 0 Å². The molecule has 0 atom stereocenters. The zero-order valence-electron chi connectivity index (χ0n) is 12.4. The summed E-state index contributed by atoms with van der Waals surface area (Å²) in [4.78, 5) is 12.1. The number of ether oxygens (including phenoxy) is 2. The van der Waals surface area contributed by atoms with E-state index in [9.17, 15) is 4.79 Å². The molecule has 0 saturated heterocycles. The third-order valence-corrected chi connectivity index (χ3v) is 3.64. The Hall–Kier alpha value is -2.26. The molecule has 1 aliphatic rings. The molecule has 2 aromatic rings. The molecule has 0 amide bonds. The Morgan fingerprint density at radius 2 is 1.86 bits per heavy atom. The standard InChI is InChI=1S/C18H15ClO3/c1-11(2)18-17(20)15-8-7-14(9-16(15)22-18)21-10-12-3-5-13(19)6-4-12/h3-9H,10H2,1-2H3. The first-order valence-electron chi connectivity index (χ1n) is 6.96. The van der Waals surface area contributed by atoms with E-state index < -0.39 is 0 Å². The van der Waals surface area contributed by atoms with Gasteiger partial charge in [-0.05, 0) is 49.2 Å². The molecular formula is C18H15ClO3. The summed E-state index contributed by atoms with van der Waals surface area (Å²) < 4.78 is 11.4. The first-order chi connectivity index (χ1) is 10.5. The van der Waals surface area contributed by atoms with E-state index in [1.807, 2.05) is 38.1 Å². The average Bonchev–Trinajstić information content (AvgIpc) is 2.84. The monoisotopic (exact) mass is 314 g/mol. The maximum absolute atomic E-state index is 12.1. The summed E-state index contributed by atoms with van der Waals surface area (Å²) in [5, 5.41) is 0.697. The minimum atomic E-state index is -0.0701. The van der Waals surface area contributed by atoms with Crippen LogP contribution < -0.4 is 9.47 Å². The second kappa shape index (κ2) is 5.85. The number of Topliss-reactive ketones (excluding diaryl/α,β-unsaturated/α-hetero) is 1. The van der Waals surface area contributed by atoms with Crippen LogP contribution in [0.2, 0.25) is 5.02 Å². The summed E-state index contributed by atoms with van der Waals surface area (Å²) in [5.74, 6) is 1.55. The molecule has 112 valence electrons. The minimum Gasteiger partial charge on any atom is -0.489 e. The van der Waals surface area contributed by atoms with Crippen LogP contribution in [0.4, 0.5) is 0 Å². The van der Waals surface area contributed by atoms with E-state index in [0.29, 0.717) is 34.5 Å². The second-order valence-corrected chi connectivity index (χ2v) is 5.77. The third kappa shape index (κ3) is 2.85. The van der Waals surface area contributed by atoms with E-state index in [4.69, 9.17) is 21.1 Å². The van der Waals surface area contributed by atoms with E-state index in [-0.39, 0.29) is 5.78 Å². The molecule has 0 saturated carbocycles. The average molecular weight is 315 g/mol. The second-order valence-electron chi connectivity index (χ2n) is 5.33. The Labute approximate surface area is 134 Å². The lowest BCUT2D eigenvalue weighted by atomic mass is 10.1. The molecule has 0 aliphatic carbocycles. The van der Waals surface area contributed by atoms with Crippen LogP contribution in [0.25, 0.3) is 0 Å². The molecule has 22 heavy (non-hydrogen) atoms. The van der Waals surface area contributed by atoms with E-state index in [1.165, 1.54) is 0 Å². The SMILES string of the molecule is CC(C)=C1Oc2cc(OCc3ccc(Cl)cc3)ccc2C1=O. The number of carbonyl (C=O) groups excluding carboxylic acids is 1. The predicted octanol–water partition coefficient (Wildman–Crippen LogP) is 4.79. The van der Waals surface area contributed by atoms with Gasteiger partial charge in [-0.1, -0.05) is 23.7 Å². The van der Waals surface area contributed by atoms with Crippen molar-refractivity contribution in [2.45, 2.75) is 20.5 Å². The maximum Gasteiger partial charge on any atom is 0.231 e. The Morgan fingerprint density at radius 1 is 1.14 bits per heavy atom. The van der Waals surface area contributed by atoms with E-state index in [1.54, 1.807) is 18.2 Å². The van der Waals surface area contributed by atoms with Crippen molar-refractivity contribution in [2.75, 3.05) is 0 Å². The summed E-state index contributed by atoms with van der Waals surface area (Å²) >= 11 is 5.85. The number of allylic oxidation sites excluding steroid dienone is 2. The van der Waals surface area contributed by atoms with Crippen molar-refractivity contribution in [3.63, 3.8) is 0 Å². The van der Waals surface area contributed by atoms with Crippen LogP contribution in [0.15, 0.2) is 53.8 Å². The topological polar surface area (TPSA) is 35.5 Å². The molecule has 2 aromatic carbocycles. The number of carbonyl (C=O) groups is 1. The largest absolute Gasteiger partial charge is 0.489 e. The van der Waals surface area contributed by atoms with Gasteiger partial charge in [-0.2, -0.15) is 0 Å². The van der Waals surface area contributed by atoms with Crippen LogP contribution in [0.3, 0.4) is 0 Å². The van der Waals surface area contributed by atoms with Gasteiger partial charge in [0.05, 0.1) is 5.56 Å². The van der Waals surface area contributed by atoms with Gasteiger partial charge in [0.2, 0.25) is 5.78 Å². The number of fused-ring (bicyclic) bond motifs is 1. The van der Waals surface area contributed by atoms with Crippen molar-refractivity contribution in [1.82, 2.24) is 0 Å². The summed E-state index contributed by atoms with van der Waals surface area (Å²) in [6, 6.07) is 12.7. The van der Waals surface area contributed by atoms with Crippen LogP contribution in [0.5, 0.6) is 11.5 Å². The van der Waals surface area contributed by atoms with Crippen molar-refractivity contribution < 1.29 is 14.3 Å². The summed E-state index contributed by atoms with van der Waals surface area (Å²) in [6.07, 6.45) is 0. The highest BCUT2D eigenvalue weighted by Gasteiger charge is 2.28. The van der Waals surface area contributed by atoms with Crippen molar-refractivity contribution in [3.05, 3.63) is 69.9 Å². The van der Waals surface area contributed by atoms with Crippen molar-refractivity contribution >= 4 is 17.4 Å². The third-order valence-electron chi connectivity index (χ3n) is 3.39. The van der Waals surface area contributed by atoms with Crippen molar-refractivity contribution in [1.29, 1.82) is 0 Å². The maximum atomic E-state index is 12.1. The van der Waals surface area contributed by atoms with Crippen LogP contribution >= 0.6 is 11.6 Å². The van der Waals surface area contributed by atoms with Gasteiger partial charge in [-0.3, -0.25) is 4.79 Å². The Morgan fingerprint density at radius 3 is 2.55 bits per heavy atom. The van der Waals surface area contributed by atoms with E-state index in [2.05, 4.69) is 0 Å². The van der Waals surface area contributed by atoms with Gasteiger partial charge >= 0.3 is 0 Å². The van der Waals surface area contributed by atoms with Gasteiger partial charge in [0.1, 0.15) is 18.1 Å².